The second-order valence-corrected chi connectivity index (χ2v) is 3.55. The molecule has 0 spiro atoms. The molecule has 0 aliphatic carbocycles. The fourth-order valence-electron chi connectivity index (χ4n) is 0.898. The quantitative estimate of drug-likeness (QED) is 0.484. The number of carbonyl (C=O) groups is 1. The molecule has 1 aromatic rings. The summed E-state index contributed by atoms with van der Waals surface area (Å²) in [6, 6.07) is 5.41. The second kappa shape index (κ2) is 4.76. The molecule has 1 aromatic carbocycles. The van der Waals surface area contributed by atoms with Crippen LogP contribution < -0.4 is 5.32 Å². The number of hydrogen-bond acceptors (Lipinski definition) is 3. The molecule has 0 aliphatic rings. The van der Waals surface area contributed by atoms with Gasteiger partial charge in [-0.1, -0.05) is 27.2 Å². The summed E-state index contributed by atoms with van der Waals surface area (Å²) in [4.78, 5) is 11.0. The van der Waals surface area contributed by atoms with Crippen LogP contribution in [0.4, 0.5) is 5.69 Å². The van der Waals surface area contributed by atoms with Gasteiger partial charge in [-0.15, -0.1) is 0 Å². The minimum absolute atomic E-state index is 0.469. The summed E-state index contributed by atoms with van der Waals surface area (Å²) < 4.78 is 0.913. The molecule has 2 N–H and O–H groups in total. The van der Waals surface area contributed by atoms with Gasteiger partial charge >= 0.3 is 0 Å². The third kappa shape index (κ3) is 2.85. The van der Waals surface area contributed by atoms with Crippen LogP contribution in [0.3, 0.4) is 0 Å². The number of aryl methyl sites for hydroxylation is 1. The molecule has 1 rings (SSSR count). The Balaban J connectivity index is 2.78. The molecule has 5 heteroatoms. The number of hydrogen-bond donors (Lipinski definition) is 2. The molecule has 0 aliphatic heterocycles. The Bertz CT molecular complexity index is 377. The van der Waals surface area contributed by atoms with Crippen molar-refractivity contribution >= 4 is 33.7 Å². The largest absolute Gasteiger partial charge is 0.411 e. The first kappa shape index (κ1) is 10.7. The Morgan fingerprint density at radius 2 is 2.36 bits per heavy atom. The summed E-state index contributed by atoms with van der Waals surface area (Å²) in [5.41, 5.74) is 1.73. The first-order chi connectivity index (χ1) is 6.63. The van der Waals surface area contributed by atoms with Gasteiger partial charge in [-0.2, -0.15) is 0 Å². The third-order valence-electron chi connectivity index (χ3n) is 1.61. The van der Waals surface area contributed by atoms with E-state index in [9.17, 15) is 4.79 Å². The zero-order chi connectivity index (χ0) is 10.6. The zero-order valence-electron chi connectivity index (χ0n) is 7.49. The molecule has 1 amide bonds. The minimum atomic E-state index is -0.469. The predicted octanol–water partition coefficient (Wildman–Crippen LogP) is 2.16. The number of oxime groups is 1. The summed E-state index contributed by atoms with van der Waals surface area (Å²) in [6.45, 7) is 1.95. The van der Waals surface area contributed by atoms with Crippen molar-refractivity contribution < 1.29 is 10.0 Å². The summed E-state index contributed by atoms with van der Waals surface area (Å²) in [7, 11) is 0. The van der Waals surface area contributed by atoms with Gasteiger partial charge in [0, 0.05) is 10.2 Å². The van der Waals surface area contributed by atoms with Gasteiger partial charge in [0.2, 0.25) is 0 Å². The van der Waals surface area contributed by atoms with Crippen molar-refractivity contribution in [3.8, 4) is 0 Å². The van der Waals surface area contributed by atoms with Gasteiger partial charge in [0.05, 0.1) is 0 Å². The van der Waals surface area contributed by atoms with Crippen molar-refractivity contribution in [3.05, 3.63) is 28.2 Å². The molecule has 74 valence electrons. The maximum absolute atomic E-state index is 11.0. The first-order valence-corrected chi connectivity index (χ1v) is 4.67. The molecular weight excluding hydrogens is 248 g/mol. The van der Waals surface area contributed by atoms with Crippen LogP contribution in [0.25, 0.3) is 0 Å². The molecule has 14 heavy (non-hydrogen) atoms. The van der Waals surface area contributed by atoms with Crippen LogP contribution in [0, 0.1) is 6.92 Å². The van der Waals surface area contributed by atoms with E-state index in [1.54, 1.807) is 12.1 Å². The molecule has 0 saturated carbocycles. The molecule has 0 bridgehead atoms. The third-order valence-corrected chi connectivity index (χ3v) is 2.47. The summed E-state index contributed by atoms with van der Waals surface area (Å²) in [5.74, 6) is -0.469. The normalized spacial score (nSPS) is 10.4. The van der Waals surface area contributed by atoms with Crippen molar-refractivity contribution in [3.63, 3.8) is 0 Å². The van der Waals surface area contributed by atoms with E-state index in [0.717, 1.165) is 16.3 Å². The van der Waals surface area contributed by atoms with Crippen LogP contribution in [0.5, 0.6) is 0 Å². The van der Waals surface area contributed by atoms with Crippen molar-refractivity contribution in [2.24, 2.45) is 5.16 Å². The Hall–Kier alpha value is -1.36. The average Bonchev–Trinajstić information content (AvgIpc) is 2.12. The smallest absolute Gasteiger partial charge is 0.270 e. The van der Waals surface area contributed by atoms with E-state index in [2.05, 4.69) is 26.4 Å². The number of rotatable bonds is 2. The summed E-state index contributed by atoms with van der Waals surface area (Å²) in [5, 5.41) is 13.3. The summed E-state index contributed by atoms with van der Waals surface area (Å²) in [6.07, 6.45) is 0.799. The number of nitrogens with one attached hydrogen (secondary N) is 1. The van der Waals surface area contributed by atoms with Gasteiger partial charge < -0.3 is 10.5 Å². The van der Waals surface area contributed by atoms with Crippen LogP contribution in [0.15, 0.2) is 27.8 Å². The summed E-state index contributed by atoms with van der Waals surface area (Å²) >= 11 is 3.34. The maximum atomic E-state index is 11.0. The van der Waals surface area contributed by atoms with E-state index in [1.165, 1.54) is 0 Å². The fourth-order valence-corrected chi connectivity index (χ4v) is 1.28. The van der Waals surface area contributed by atoms with E-state index in [0.29, 0.717) is 5.69 Å². The Kier molecular flexibility index (Phi) is 3.64. The molecule has 0 aromatic heterocycles. The van der Waals surface area contributed by atoms with Crippen LogP contribution >= 0.6 is 15.9 Å². The van der Waals surface area contributed by atoms with E-state index in [1.807, 2.05) is 13.0 Å². The highest BCUT2D eigenvalue weighted by atomic mass is 79.9. The topological polar surface area (TPSA) is 61.7 Å². The van der Waals surface area contributed by atoms with E-state index in [4.69, 9.17) is 5.21 Å². The monoisotopic (exact) mass is 256 g/mol. The SMILES string of the molecule is Cc1ccc(NC(=O)C=NO)cc1Br. The van der Waals surface area contributed by atoms with Crippen molar-refractivity contribution in [2.75, 3.05) is 5.32 Å². The van der Waals surface area contributed by atoms with Crippen LogP contribution in [-0.4, -0.2) is 17.3 Å². The van der Waals surface area contributed by atoms with Gasteiger partial charge in [0.1, 0.15) is 6.21 Å². The number of anilines is 1. The molecule has 4 nitrogen and oxygen atoms in total. The highest BCUT2D eigenvalue weighted by Crippen LogP contribution is 2.20. The molecule has 0 heterocycles. The Morgan fingerprint density at radius 3 is 2.93 bits per heavy atom. The Morgan fingerprint density at radius 1 is 1.64 bits per heavy atom. The van der Waals surface area contributed by atoms with Gasteiger partial charge in [-0.3, -0.25) is 4.79 Å². The van der Waals surface area contributed by atoms with Gasteiger partial charge in [-0.05, 0) is 24.6 Å². The number of carbonyl (C=O) groups excluding carboxylic acids is 1. The maximum Gasteiger partial charge on any atom is 0.270 e. The van der Waals surface area contributed by atoms with Crippen molar-refractivity contribution in [1.29, 1.82) is 0 Å². The molecule has 0 fully saturated rings. The lowest BCUT2D eigenvalue weighted by molar-refractivity contribution is -0.110. The molecule has 0 radical (unpaired) electrons. The first-order valence-electron chi connectivity index (χ1n) is 3.88. The molecular formula is C9H9BrN2O2. The van der Waals surface area contributed by atoms with Crippen LogP contribution in [0.2, 0.25) is 0 Å². The zero-order valence-corrected chi connectivity index (χ0v) is 9.08. The fraction of sp³-hybridized carbons (Fsp3) is 0.111. The predicted molar refractivity (Wildman–Crippen MR) is 57.8 cm³/mol. The second-order valence-electron chi connectivity index (χ2n) is 2.70. The average molecular weight is 257 g/mol. The van der Waals surface area contributed by atoms with Crippen LogP contribution in [0.1, 0.15) is 5.56 Å². The highest BCUT2D eigenvalue weighted by Gasteiger charge is 2.00. The van der Waals surface area contributed by atoms with Gasteiger partial charge in [-0.25, -0.2) is 0 Å². The molecule has 0 saturated heterocycles. The number of benzene rings is 1. The number of nitrogens with zero attached hydrogens (tertiary/aromatic N) is 1. The lowest BCUT2D eigenvalue weighted by Crippen LogP contribution is -2.12. The standard InChI is InChI=1S/C9H9BrN2O2/c1-6-2-3-7(4-8(6)10)12-9(13)5-11-14/h2-5,14H,1H3,(H,12,13). The van der Waals surface area contributed by atoms with Gasteiger partial charge in [0.25, 0.3) is 5.91 Å². The Labute approximate surface area is 89.7 Å². The van der Waals surface area contributed by atoms with E-state index in [-0.39, 0.29) is 0 Å². The van der Waals surface area contributed by atoms with Crippen molar-refractivity contribution in [1.82, 2.24) is 0 Å². The highest BCUT2D eigenvalue weighted by molar-refractivity contribution is 9.10. The lowest BCUT2D eigenvalue weighted by atomic mass is 10.2. The number of amides is 1. The lowest BCUT2D eigenvalue weighted by Gasteiger charge is -2.03. The number of halogens is 1. The van der Waals surface area contributed by atoms with E-state index >= 15 is 0 Å². The van der Waals surface area contributed by atoms with E-state index < -0.39 is 5.91 Å². The van der Waals surface area contributed by atoms with Gasteiger partial charge in [0.15, 0.2) is 0 Å². The van der Waals surface area contributed by atoms with Crippen molar-refractivity contribution in [2.45, 2.75) is 6.92 Å². The minimum Gasteiger partial charge on any atom is -0.411 e. The van der Waals surface area contributed by atoms with Crippen LogP contribution in [-0.2, 0) is 4.79 Å². The molecule has 0 unspecified atom stereocenters. The molecule has 0 atom stereocenters.